The van der Waals surface area contributed by atoms with Crippen molar-refractivity contribution in [2.45, 2.75) is 13.8 Å². The molecule has 1 aromatic heterocycles. The highest BCUT2D eigenvalue weighted by Crippen LogP contribution is 2.30. The molecular formula is C14H18Cl2N2O2. The number of likely N-dealkylation sites (N-methyl/N-ethyl adjacent to an activating group) is 1. The number of furan rings is 1. The number of halogens is 2. The number of aryl methyl sites for hydroxylation is 1. The molecule has 1 aromatic carbocycles. The predicted molar refractivity (Wildman–Crippen MR) is 84.1 cm³/mol. The van der Waals surface area contributed by atoms with Crippen molar-refractivity contribution in [2.75, 3.05) is 19.6 Å². The summed E-state index contributed by atoms with van der Waals surface area (Å²) in [4.78, 5) is 12.0. The Morgan fingerprint density at radius 3 is 2.75 bits per heavy atom. The van der Waals surface area contributed by atoms with E-state index in [9.17, 15) is 4.79 Å². The maximum Gasteiger partial charge on any atom is 0.287 e. The van der Waals surface area contributed by atoms with E-state index in [1.54, 1.807) is 6.07 Å². The Balaban J connectivity index is 0.00000200. The summed E-state index contributed by atoms with van der Waals surface area (Å²) in [5, 5.41) is 7.36. The number of benzene rings is 1. The van der Waals surface area contributed by atoms with E-state index in [1.165, 1.54) is 0 Å². The van der Waals surface area contributed by atoms with Crippen LogP contribution in [0.2, 0.25) is 5.02 Å². The molecule has 4 nitrogen and oxygen atoms in total. The lowest BCUT2D eigenvalue weighted by Crippen LogP contribution is -2.31. The lowest BCUT2D eigenvalue weighted by atomic mass is 10.1. The summed E-state index contributed by atoms with van der Waals surface area (Å²) < 4.78 is 5.58. The molecule has 20 heavy (non-hydrogen) atoms. The highest BCUT2D eigenvalue weighted by Gasteiger charge is 2.18. The molecule has 0 radical (unpaired) electrons. The van der Waals surface area contributed by atoms with Crippen LogP contribution in [0.1, 0.15) is 23.0 Å². The topological polar surface area (TPSA) is 54.3 Å². The summed E-state index contributed by atoms with van der Waals surface area (Å²) in [6, 6.07) is 5.50. The van der Waals surface area contributed by atoms with Crippen molar-refractivity contribution in [3.05, 3.63) is 34.5 Å². The van der Waals surface area contributed by atoms with Crippen LogP contribution in [0.15, 0.2) is 22.6 Å². The Hall–Kier alpha value is -1.23. The maximum atomic E-state index is 12.0. The van der Waals surface area contributed by atoms with Crippen LogP contribution in [0.3, 0.4) is 0 Å². The van der Waals surface area contributed by atoms with E-state index in [4.69, 9.17) is 16.0 Å². The van der Waals surface area contributed by atoms with Gasteiger partial charge in [-0.2, -0.15) is 0 Å². The fourth-order valence-corrected chi connectivity index (χ4v) is 2.16. The van der Waals surface area contributed by atoms with Gasteiger partial charge in [0.25, 0.3) is 5.91 Å². The standard InChI is InChI=1S/C14H17ClN2O2.ClH/c1-3-16-7-8-17-14(18)12-9(2)10-5-4-6-11(15)13(10)19-12;/h4-6,16H,3,7-8H2,1-2H3,(H,17,18);1H. The predicted octanol–water partition coefficient (Wildman–Crippen LogP) is 3.16. The lowest BCUT2D eigenvalue weighted by molar-refractivity contribution is 0.0927. The smallest absolute Gasteiger partial charge is 0.287 e. The van der Waals surface area contributed by atoms with Crippen LogP contribution in [-0.2, 0) is 0 Å². The highest BCUT2D eigenvalue weighted by atomic mass is 35.5. The van der Waals surface area contributed by atoms with Gasteiger partial charge in [0.05, 0.1) is 5.02 Å². The molecule has 1 heterocycles. The molecule has 0 saturated heterocycles. The van der Waals surface area contributed by atoms with Crippen molar-refractivity contribution in [2.24, 2.45) is 0 Å². The van der Waals surface area contributed by atoms with E-state index in [2.05, 4.69) is 10.6 Å². The van der Waals surface area contributed by atoms with Gasteiger partial charge in [-0.3, -0.25) is 4.79 Å². The van der Waals surface area contributed by atoms with Crippen molar-refractivity contribution in [1.82, 2.24) is 10.6 Å². The first-order valence-corrected chi connectivity index (χ1v) is 6.69. The third-order valence-electron chi connectivity index (χ3n) is 2.96. The summed E-state index contributed by atoms with van der Waals surface area (Å²) in [7, 11) is 0. The molecule has 0 aliphatic carbocycles. The average Bonchev–Trinajstić information content (AvgIpc) is 2.74. The first-order chi connectivity index (χ1) is 9.15. The largest absolute Gasteiger partial charge is 0.449 e. The van der Waals surface area contributed by atoms with Gasteiger partial charge in [-0.1, -0.05) is 30.7 Å². The zero-order valence-electron chi connectivity index (χ0n) is 11.5. The van der Waals surface area contributed by atoms with E-state index in [1.807, 2.05) is 26.0 Å². The van der Waals surface area contributed by atoms with Crippen LogP contribution in [0.4, 0.5) is 0 Å². The zero-order chi connectivity index (χ0) is 13.8. The van der Waals surface area contributed by atoms with Gasteiger partial charge in [-0.15, -0.1) is 12.4 Å². The number of hydrogen-bond donors (Lipinski definition) is 2. The van der Waals surface area contributed by atoms with Crippen LogP contribution in [0.5, 0.6) is 0 Å². The lowest BCUT2D eigenvalue weighted by Gasteiger charge is -2.03. The van der Waals surface area contributed by atoms with Crippen molar-refractivity contribution >= 4 is 40.9 Å². The van der Waals surface area contributed by atoms with Crippen molar-refractivity contribution in [3.63, 3.8) is 0 Å². The highest BCUT2D eigenvalue weighted by molar-refractivity contribution is 6.35. The molecule has 2 rings (SSSR count). The monoisotopic (exact) mass is 316 g/mol. The molecule has 0 aliphatic heterocycles. The van der Waals surface area contributed by atoms with Crippen molar-refractivity contribution < 1.29 is 9.21 Å². The van der Waals surface area contributed by atoms with Crippen molar-refractivity contribution in [3.8, 4) is 0 Å². The van der Waals surface area contributed by atoms with Gasteiger partial charge in [0.15, 0.2) is 11.3 Å². The number of hydrogen-bond acceptors (Lipinski definition) is 3. The molecule has 0 bridgehead atoms. The molecule has 0 unspecified atom stereocenters. The minimum atomic E-state index is -0.206. The summed E-state index contributed by atoms with van der Waals surface area (Å²) in [5.74, 6) is 0.127. The minimum absolute atomic E-state index is 0. The number of nitrogens with one attached hydrogen (secondary N) is 2. The Bertz CT molecular complexity index is 596. The number of para-hydroxylation sites is 1. The molecule has 0 spiro atoms. The van der Waals surface area contributed by atoms with E-state index >= 15 is 0 Å². The number of fused-ring (bicyclic) bond motifs is 1. The van der Waals surface area contributed by atoms with E-state index in [0.717, 1.165) is 24.0 Å². The molecule has 6 heteroatoms. The second-order valence-corrected chi connectivity index (χ2v) is 4.69. The molecular weight excluding hydrogens is 299 g/mol. The molecule has 0 atom stereocenters. The Morgan fingerprint density at radius 1 is 1.35 bits per heavy atom. The zero-order valence-corrected chi connectivity index (χ0v) is 13.0. The third-order valence-corrected chi connectivity index (χ3v) is 3.26. The van der Waals surface area contributed by atoms with E-state index in [-0.39, 0.29) is 18.3 Å². The van der Waals surface area contributed by atoms with Crippen LogP contribution in [-0.4, -0.2) is 25.5 Å². The summed E-state index contributed by atoms with van der Waals surface area (Å²) in [6.45, 7) is 6.07. The molecule has 0 saturated carbocycles. The van der Waals surface area contributed by atoms with Gasteiger partial charge in [-0.25, -0.2) is 0 Å². The van der Waals surface area contributed by atoms with Crippen LogP contribution in [0, 0.1) is 6.92 Å². The second-order valence-electron chi connectivity index (χ2n) is 4.28. The first-order valence-electron chi connectivity index (χ1n) is 6.31. The molecule has 2 N–H and O–H groups in total. The van der Waals surface area contributed by atoms with Gasteiger partial charge < -0.3 is 15.1 Å². The van der Waals surface area contributed by atoms with Gasteiger partial charge in [0.2, 0.25) is 0 Å². The van der Waals surface area contributed by atoms with Crippen LogP contribution in [0.25, 0.3) is 11.0 Å². The average molecular weight is 317 g/mol. The first kappa shape index (κ1) is 16.8. The van der Waals surface area contributed by atoms with Crippen molar-refractivity contribution in [1.29, 1.82) is 0 Å². The second kappa shape index (κ2) is 7.53. The maximum absolute atomic E-state index is 12.0. The number of carbonyl (C=O) groups is 1. The van der Waals surface area contributed by atoms with Crippen LogP contribution < -0.4 is 10.6 Å². The molecule has 0 aliphatic rings. The Kier molecular flexibility index (Phi) is 6.33. The summed E-state index contributed by atoms with van der Waals surface area (Å²) in [6.07, 6.45) is 0. The Morgan fingerprint density at radius 2 is 2.10 bits per heavy atom. The fraction of sp³-hybridized carbons (Fsp3) is 0.357. The van der Waals surface area contributed by atoms with Gasteiger partial charge in [0.1, 0.15) is 0 Å². The van der Waals surface area contributed by atoms with Gasteiger partial charge in [-0.05, 0) is 19.5 Å². The Labute approximate surface area is 129 Å². The van der Waals surface area contributed by atoms with Crippen LogP contribution >= 0.6 is 24.0 Å². The summed E-state index contributed by atoms with van der Waals surface area (Å²) >= 11 is 6.06. The quantitative estimate of drug-likeness (QED) is 0.833. The van der Waals surface area contributed by atoms with E-state index < -0.39 is 0 Å². The van der Waals surface area contributed by atoms with Gasteiger partial charge >= 0.3 is 0 Å². The molecule has 0 fully saturated rings. The molecule has 1 amide bonds. The van der Waals surface area contributed by atoms with E-state index in [0.29, 0.717) is 22.9 Å². The minimum Gasteiger partial charge on any atom is -0.449 e. The number of amides is 1. The van der Waals surface area contributed by atoms with Gasteiger partial charge in [0, 0.05) is 24.0 Å². The number of rotatable bonds is 5. The molecule has 2 aromatic rings. The summed E-state index contributed by atoms with van der Waals surface area (Å²) in [5.41, 5.74) is 1.39. The normalized spacial score (nSPS) is 10.3. The third kappa shape index (κ3) is 3.45. The molecule has 110 valence electrons. The SMILES string of the molecule is CCNCCNC(=O)c1oc2c(Cl)cccc2c1C.Cl. The number of carbonyl (C=O) groups excluding carboxylic acids is 1. The fourth-order valence-electron chi connectivity index (χ4n) is 1.95.